The van der Waals surface area contributed by atoms with Crippen molar-refractivity contribution < 1.29 is 18.4 Å². The molecule has 1 atom stereocenters. The van der Waals surface area contributed by atoms with Crippen molar-refractivity contribution in [1.29, 1.82) is 5.26 Å². The molecule has 1 unspecified atom stereocenters. The number of amides is 1. The lowest BCUT2D eigenvalue weighted by Gasteiger charge is -2.42. The highest BCUT2D eigenvalue weighted by Crippen LogP contribution is 2.52. The molecule has 0 saturated heterocycles. The van der Waals surface area contributed by atoms with E-state index in [-0.39, 0.29) is 51.4 Å². The molecule has 2 aromatic carbocycles. The average Bonchev–Trinajstić information content (AvgIpc) is 3.36. The number of carbonyl (C=O) groups excluding carboxylic acids is 2. The summed E-state index contributed by atoms with van der Waals surface area (Å²) in [6, 6.07) is 11.7. The highest BCUT2D eigenvalue weighted by molar-refractivity contribution is 8.01. The molecule has 3 N–H and O–H groups in total. The van der Waals surface area contributed by atoms with E-state index in [0.29, 0.717) is 27.3 Å². The number of aromatic nitrogens is 2. The number of carbonyl (C=O) groups is 2. The van der Waals surface area contributed by atoms with Crippen LogP contribution >= 0.6 is 34.7 Å². The Bertz CT molecular complexity index is 1640. The van der Waals surface area contributed by atoms with Crippen LogP contribution in [0.3, 0.4) is 0 Å². The van der Waals surface area contributed by atoms with Gasteiger partial charge in [0.25, 0.3) is 0 Å². The number of Topliss-reactive ketones (excluding diaryl/α,β-unsaturated/α-hetero) is 1. The first kappa shape index (κ1) is 28.7. The summed E-state index contributed by atoms with van der Waals surface area (Å²) < 4.78 is 28.7. The maximum absolute atomic E-state index is 15.2. The minimum absolute atomic E-state index is 0.00261. The second-order valence-corrected chi connectivity index (χ2v) is 12.9. The molecule has 1 aromatic heterocycles. The monoisotopic (exact) mass is 612 g/mol. The summed E-state index contributed by atoms with van der Waals surface area (Å²) in [6.45, 7) is 3.89. The van der Waals surface area contributed by atoms with Crippen LogP contribution in [-0.4, -0.2) is 27.6 Å². The number of halogens is 3. The molecule has 2 heterocycles. The Kier molecular flexibility index (Phi) is 7.87. The van der Waals surface area contributed by atoms with Gasteiger partial charge in [-0.1, -0.05) is 54.6 Å². The molecule has 0 radical (unpaired) electrons. The van der Waals surface area contributed by atoms with Crippen molar-refractivity contribution in [3.8, 4) is 6.07 Å². The molecule has 1 aliphatic heterocycles. The number of nitrogens with two attached hydrogens (primary N) is 1. The molecule has 1 amide bonds. The smallest absolute Gasteiger partial charge is 0.234 e. The second kappa shape index (κ2) is 11.2. The largest absolute Gasteiger partial charge is 0.384 e. The lowest BCUT2D eigenvalue weighted by Crippen LogP contribution is -2.42. The van der Waals surface area contributed by atoms with Crippen LogP contribution in [0.4, 0.5) is 19.6 Å². The standard InChI is InChI=1S/C28H23ClF2N6O2S2/c1-28(2)10-19-24(20(38)11-28)22(23-17(29)4-3-5-18(23)31)16(12-32)25(33)37(19)26-35-36-27(41-26)40-13-21(39)34-15-8-6-14(30)7-9-15/h3-9,22H,10-11,13,33H2,1-2H3,(H,34,39). The van der Waals surface area contributed by atoms with E-state index < -0.39 is 23.0 Å². The Labute approximate surface area is 247 Å². The van der Waals surface area contributed by atoms with Crippen molar-refractivity contribution in [2.24, 2.45) is 11.1 Å². The molecule has 3 aromatic rings. The number of benzene rings is 2. The first-order valence-electron chi connectivity index (χ1n) is 12.4. The molecule has 5 rings (SSSR count). The van der Waals surface area contributed by atoms with Gasteiger partial charge in [0.05, 0.1) is 23.3 Å². The predicted molar refractivity (Wildman–Crippen MR) is 154 cm³/mol. The van der Waals surface area contributed by atoms with E-state index in [9.17, 15) is 19.2 Å². The molecule has 13 heteroatoms. The van der Waals surface area contributed by atoms with Crippen molar-refractivity contribution in [2.75, 3.05) is 16.0 Å². The Balaban J connectivity index is 1.49. The van der Waals surface area contributed by atoms with E-state index >= 15 is 4.39 Å². The molecular weight excluding hydrogens is 590 g/mol. The van der Waals surface area contributed by atoms with E-state index in [2.05, 4.69) is 21.6 Å². The summed E-state index contributed by atoms with van der Waals surface area (Å²) in [6.07, 6.45) is 0.597. The van der Waals surface area contributed by atoms with Crippen LogP contribution in [0.2, 0.25) is 5.02 Å². The van der Waals surface area contributed by atoms with Gasteiger partial charge in [0.2, 0.25) is 11.0 Å². The van der Waals surface area contributed by atoms with Crippen molar-refractivity contribution in [1.82, 2.24) is 10.2 Å². The van der Waals surface area contributed by atoms with Gasteiger partial charge in [-0.15, -0.1) is 10.2 Å². The number of anilines is 2. The third kappa shape index (κ3) is 5.70. The first-order chi connectivity index (χ1) is 19.5. The number of allylic oxidation sites excluding steroid dienone is 3. The van der Waals surface area contributed by atoms with Gasteiger partial charge < -0.3 is 11.1 Å². The van der Waals surface area contributed by atoms with Crippen LogP contribution in [0, 0.1) is 28.4 Å². The maximum atomic E-state index is 15.2. The fourth-order valence-electron chi connectivity index (χ4n) is 5.01. The zero-order valence-corrected chi connectivity index (χ0v) is 24.3. The number of nitrogens with one attached hydrogen (secondary N) is 1. The molecule has 8 nitrogen and oxygen atoms in total. The molecule has 210 valence electrons. The molecule has 0 spiro atoms. The van der Waals surface area contributed by atoms with Crippen LogP contribution in [0.25, 0.3) is 0 Å². The van der Waals surface area contributed by atoms with Crippen molar-refractivity contribution >= 4 is 57.2 Å². The predicted octanol–water partition coefficient (Wildman–Crippen LogP) is 6.14. The Morgan fingerprint density at radius 2 is 1.98 bits per heavy atom. The molecule has 0 fully saturated rings. The summed E-state index contributed by atoms with van der Waals surface area (Å²) >= 11 is 8.68. The number of ketones is 1. The first-order valence-corrected chi connectivity index (χ1v) is 14.6. The molecular formula is C28H23ClF2N6O2S2. The lowest BCUT2D eigenvalue weighted by molar-refractivity contribution is -0.118. The van der Waals surface area contributed by atoms with Gasteiger partial charge in [0, 0.05) is 34.0 Å². The maximum Gasteiger partial charge on any atom is 0.234 e. The average molecular weight is 613 g/mol. The molecule has 2 aliphatic rings. The Hall–Kier alpha value is -3.79. The van der Waals surface area contributed by atoms with Crippen LogP contribution in [0.5, 0.6) is 0 Å². The Morgan fingerprint density at radius 3 is 2.66 bits per heavy atom. The van der Waals surface area contributed by atoms with Crippen LogP contribution in [0.15, 0.2) is 69.5 Å². The summed E-state index contributed by atoms with van der Waals surface area (Å²) in [7, 11) is 0. The number of rotatable bonds is 6. The van der Waals surface area contributed by atoms with Crippen molar-refractivity contribution in [2.45, 2.75) is 36.9 Å². The van der Waals surface area contributed by atoms with Gasteiger partial charge in [0.15, 0.2) is 10.1 Å². The molecule has 1 aliphatic carbocycles. The number of nitrogens with zero attached hydrogens (tertiary/aromatic N) is 4. The SMILES string of the molecule is CC1(C)CC(=O)C2=C(C1)N(c1nnc(SCC(=O)Nc3ccc(F)cc3)s1)C(N)=C(C#N)C2c1c(F)cccc1Cl. The summed E-state index contributed by atoms with van der Waals surface area (Å²) in [5.41, 5.74) is 7.36. The summed E-state index contributed by atoms with van der Waals surface area (Å²) in [5.74, 6) is -2.67. The van der Waals surface area contributed by atoms with E-state index in [0.717, 1.165) is 23.1 Å². The van der Waals surface area contributed by atoms with Crippen LogP contribution < -0.4 is 16.0 Å². The van der Waals surface area contributed by atoms with Crippen molar-refractivity contribution in [3.63, 3.8) is 0 Å². The zero-order valence-electron chi connectivity index (χ0n) is 21.9. The number of thioether (sulfide) groups is 1. The fourth-order valence-corrected chi connectivity index (χ4v) is 6.96. The van der Waals surface area contributed by atoms with Gasteiger partial charge in [-0.3, -0.25) is 14.5 Å². The third-order valence-electron chi connectivity index (χ3n) is 6.71. The van der Waals surface area contributed by atoms with Crippen molar-refractivity contribution in [3.05, 3.63) is 87.3 Å². The van der Waals surface area contributed by atoms with Gasteiger partial charge in [-0.05, 0) is 48.2 Å². The topological polar surface area (TPSA) is 125 Å². The molecule has 0 saturated carbocycles. The van der Waals surface area contributed by atoms with Crippen LogP contribution in [-0.2, 0) is 9.59 Å². The zero-order chi connectivity index (χ0) is 29.5. The Morgan fingerprint density at radius 1 is 1.24 bits per heavy atom. The quantitative estimate of drug-likeness (QED) is 0.318. The van der Waals surface area contributed by atoms with E-state index in [1.54, 1.807) is 0 Å². The normalized spacial score (nSPS) is 18.3. The number of hydrogen-bond acceptors (Lipinski definition) is 9. The van der Waals surface area contributed by atoms with E-state index in [1.165, 1.54) is 47.4 Å². The highest BCUT2D eigenvalue weighted by atomic mass is 35.5. The van der Waals surface area contributed by atoms with Gasteiger partial charge in [-0.2, -0.15) is 5.26 Å². The van der Waals surface area contributed by atoms with Gasteiger partial charge in [0.1, 0.15) is 17.5 Å². The lowest BCUT2D eigenvalue weighted by atomic mass is 9.68. The number of nitriles is 1. The van der Waals surface area contributed by atoms with E-state index in [4.69, 9.17) is 17.3 Å². The minimum Gasteiger partial charge on any atom is -0.384 e. The minimum atomic E-state index is -1.07. The number of hydrogen-bond donors (Lipinski definition) is 2. The molecule has 41 heavy (non-hydrogen) atoms. The fraction of sp³-hybridized carbons (Fsp3) is 0.250. The van der Waals surface area contributed by atoms with Gasteiger partial charge >= 0.3 is 0 Å². The van der Waals surface area contributed by atoms with Crippen LogP contribution in [0.1, 0.15) is 38.2 Å². The second-order valence-electron chi connectivity index (χ2n) is 10.3. The van der Waals surface area contributed by atoms with Gasteiger partial charge in [-0.25, -0.2) is 8.78 Å². The third-order valence-corrected chi connectivity index (χ3v) is 9.08. The van der Waals surface area contributed by atoms with E-state index in [1.807, 2.05) is 13.8 Å². The molecule has 0 bridgehead atoms. The summed E-state index contributed by atoms with van der Waals surface area (Å²) in [4.78, 5) is 27.6. The summed E-state index contributed by atoms with van der Waals surface area (Å²) in [5, 5.41) is 21.7. The highest BCUT2D eigenvalue weighted by Gasteiger charge is 2.46.